The Morgan fingerprint density at radius 3 is 2.22 bits per heavy atom. The second-order valence-electron chi connectivity index (χ2n) is 6.80. The fourth-order valence-electron chi connectivity index (χ4n) is 2.93. The summed E-state index contributed by atoms with van der Waals surface area (Å²) in [5.41, 5.74) is 5.12. The highest BCUT2D eigenvalue weighted by Gasteiger charge is 2.19. The minimum Gasteiger partial charge on any atom is -0.324 e. The van der Waals surface area contributed by atoms with Crippen LogP contribution in [-0.2, 0) is 4.79 Å². The van der Waals surface area contributed by atoms with Crippen molar-refractivity contribution in [2.45, 2.75) is 33.7 Å². The lowest BCUT2D eigenvalue weighted by Crippen LogP contribution is -2.33. The van der Waals surface area contributed by atoms with Crippen molar-refractivity contribution in [3.05, 3.63) is 81.6 Å². The van der Waals surface area contributed by atoms with Crippen molar-refractivity contribution >= 4 is 11.6 Å². The second kappa shape index (κ2) is 7.58. The van der Waals surface area contributed by atoms with E-state index in [9.17, 15) is 9.59 Å². The van der Waals surface area contributed by atoms with E-state index in [2.05, 4.69) is 10.4 Å². The Balaban J connectivity index is 1.91. The molecular weight excluding hydrogens is 338 g/mol. The average molecular weight is 361 g/mol. The summed E-state index contributed by atoms with van der Waals surface area (Å²) in [6.45, 7) is 7.57. The van der Waals surface area contributed by atoms with E-state index in [1.807, 2.05) is 63.2 Å². The standard InChI is InChI=1S/C22H23N3O2/c1-14-8-10-18(11-9-14)19-12-13-20(26)25(24-19)17(4)22(27)23-21-15(2)6-5-7-16(21)3/h5-13,17H,1-4H3,(H,23,27)/t17-/m1/s1. The van der Waals surface area contributed by atoms with Crippen LogP contribution in [0, 0.1) is 20.8 Å². The fourth-order valence-corrected chi connectivity index (χ4v) is 2.93. The summed E-state index contributed by atoms with van der Waals surface area (Å²) in [5.74, 6) is -0.275. The van der Waals surface area contributed by atoms with Crippen LogP contribution in [-0.4, -0.2) is 15.7 Å². The number of anilines is 1. The van der Waals surface area contributed by atoms with Gasteiger partial charge in [-0.3, -0.25) is 9.59 Å². The van der Waals surface area contributed by atoms with E-state index < -0.39 is 6.04 Å². The van der Waals surface area contributed by atoms with Gasteiger partial charge in [0.2, 0.25) is 5.91 Å². The topological polar surface area (TPSA) is 64.0 Å². The van der Waals surface area contributed by atoms with Crippen LogP contribution >= 0.6 is 0 Å². The molecule has 1 heterocycles. The minimum absolute atomic E-state index is 0.275. The van der Waals surface area contributed by atoms with Crippen LogP contribution in [0.25, 0.3) is 11.3 Å². The van der Waals surface area contributed by atoms with E-state index in [0.717, 1.165) is 27.9 Å². The number of rotatable bonds is 4. The summed E-state index contributed by atoms with van der Waals surface area (Å²) < 4.78 is 1.23. The number of aryl methyl sites for hydroxylation is 3. The van der Waals surface area contributed by atoms with Gasteiger partial charge in [-0.2, -0.15) is 5.10 Å². The number of carbonyl (C=O) groups excluding carboxylic acids is 1. The molecule has 0 fully saturated rings. The first-order valence-electron chi connectivity index (χ1n) is 8.91. The van der Waals surface area contributed by atoms with Crippen molar-refractivity contribution in [1.29, 1.82) is 0 Å². The van der Waals surface area contributed by atoms with Crippen molar-refractivity contribution in [2.75, 3.05) is 5.32 Å². The zero-order valence-electron chi connectivity index (χ0n) is 16.0. The molecule has 0 aliphatic rings. The van der Waals surface area contributed by atoms with E-state index in [0.29, 0.717) is 5.69 Å². The minimum atomic E-state index is -0.734. The van der Waals surface area contributed by atoms with Gasteiger partial charge in [0, 0.05) is 17.3 Å². The highest BCUT2D eigenvalue weighted by molar-refractivity contribution is 5.94. The summed E-state index contributed by atoms with van der Waals surface area (Å²) in [4.78, 5) is 25.1. The molecule has 2 aromatic carbocycles. The van der Waals surface area contributed by atoms with Crippen molar-refractivity contribution in [1.82, 2.24) is 9.78 Å². The smallest absolute Gasteiger partial charge is 0.267 e. The first-order chi connectivity index (χ1) is 12.9. The van der Waals surface area contributed by atoms with Crippen molar-refractivity contribution in [2.24, 2.45) is 0 Å². The largest absolute Gasteiger partial charge is 0.324 e. The maximum Gasteiger partial charge on any atom is 0.267 e. The van der Waals surface area contributed by atoms with Gasteiger partial charge in [-0.05, 0) is 44.9 Å². The van der Waals surface area contributed by atoms with Crippen LogP contribution in [0.4, 0.5) is 5.69 Å². The molecule has 1 atom stereocenters. The fraction of sp³-hybridized carbons (Fsp3) is 0.227. The molecule has 1 aromatic heterocycles. The van der Waals surface area contributed by atoms with Crippen LogP contribution in [0.15, 0.2) is 59.4 Å². The second-order valence-corrected chi connectivity index (χ2v) is 6.80. The molecule has 1 amide bonds. The number of carbonyl (C=O) groups is 1. The van der Waals surface area contributed by atoms with E-state index in [1.54, 1.807) is 13.0 Å². The Kier molecular flexibility index (Phi) is 5.21. The van der Waals surface area contributed by atoms with Crippen LogP contribution in [0.3, 0.4) is 0 Å². The molecule has 5 nitrogen and oxygen atoms in total. The van der Waals surface area contributed by atoms with Crippen LogP contribution in [0.2, 0.25) is 0 Å². The quantitative estimate of drug-likeness (QED) is 0.763. The summed E-state index contributed by atoms with van der Waals surface area (Å²) in [7, 11) is 0. The van der Waals surface area contributed by atoms with Crippen molar-refractivity contribution in [3.63, 3.8) is 0 Å². The normalized spacial score (nSPS) is 11.9. The van der Waals surface area contributed by atoms with Crippen LogP contribution in [0.1, 0.15) is 29.7 Å². The highest BCUT2D eigenvalue weighted by Crippen LogP contribution is 2.21. The Morgan fingerprint density at radius 1 is 0.963 bits per heavy atom. The van der Waals surface area contributed by atoms with E-state index >= 15 is 0 Å². The molecule has 3 aromatic rings. The molecule has 5 heteroatoms. The van der Waals surface area contributed by atoms with Gasteiger partial charge in [0.05, 0.1) is 5.69 Å². The van der Waals surface area contributed by atoms with Crippen molar-refractivity contribution < 1.29 is 4.79 Å². The summed E-state index contributed by atoms with van der Waals surface area (Å²) in [6, 6.07) is 16.1. The Bertz CT molecular complexity index is 1020. The van der Waals surface area contributed by atoms with Gasteiger partial charge < -0.3 is 5.32 Å². The van der Waals surface area contributed by atoms with Gasteiger partial charge in [-0.25, -0.2) is 4.68 Å². The van der Waals surface area contributed by atoms with Gasteiger partial charge in [-0.1, -0.05) is 48.0 Å². The number of para-hydroxylation sites is 1. The van der Waals surface area contributed by atoms with E-state index in [1.165, 1.54) is 10.7 Å². The third kappa shape index (κ3) is 3.97. The predicted octanol–water partition coefficient (Wildman–Crippen LogP) is 4.04. The van der Waals surface area contributed by atoms with Gasteiger partial charge in [-0.15, -0.1) is 0 Å². The number of nitrogens with zero attached hydrogens (tertiary/aromatic N) is 2. The molecule has 27 heavy (non-hydrogen) atoms. The zero-order chi connectivity index (χ0) is 19.6. The number of hydrogen-bond donors (Lipinski definition) is 1. The van der Waals surface area contributed by atoms with Gasteiger partial charge in [0.1, 0.15) is 6.04 Å². The first kappa shape index (κ1) is 18.6. The third-order valence-corrected chi connectivity index (χ3v) is 4.65. The molecule has 138 valence electrons. The summed E-state index contributed by atoms with van der Waals surface area (Å²) in [6.07, 6.45) is 0. The van der Waals surface area contributed by atoms with Gasteiger partial charge in [0.15, 0.2) is 0 Å². The van der Waals surface area contributed by atoms with E-state index in [4.69, 9.17) is 0 Å². The molecule has 0 spiro atoms. The molecule has 0 saturated heterocycles. The number of nitrogens with one attached hydrogen (secondary N) is 1. The Labute approximate surface area is 158 Å². The SMILES string of the molecule is Cc1ccc(-c2ccc(=O)n([C@H](C)C(=O)Nc3c(C)cccc3C)n2)cc1. The monoisotopic (exact) mass is 361 g/mol. The lowest BCUT2D eigenvalue weighted by Gasteiger charge is -2.17. The van der Waals surface area contributed by atoms with Crippen LogP contribution in [0.5, 0.6) is 0 Å². The maximum absolute atomic E-state index is 12.8. The molecule has 1 N–H and O–H groups in total. The molecular formula is C22H23N3O2. The van der Waals surface area contributed by atoms with E-state index in [-0.39, 0.29) is 11.5 Å². The lowest BCUT2D eigenvalue weighted by atomic mass is 10.1. The Morgan fingerprint density at radius 2 is 1.59 bits per heavy atom. The maximum atomic E-state index is 12.8. The lowest BCUT2D eigenvalue weighted by molar-refractivity contribution is -0.119. The number of amides is 1. The number of hydrogen-bond acceptors (Lipinski definition) is 3. The molecule has 0 bridgehead atoms. The Hall–Kier alpha value is -3.21. The molecule has 0 radical (unpaired) electrons. The molecule has 0 aliphatic heterocycles. The number of benzene rings is 2. The number of aromatic nitrogens is 2. The van der Waals surface area contributed by atoms with Crippen LogP contribution < -0.4 is 10.9 Å². The molecule has 0 unspecified atom stereocenters. The van der Waals surface area contributed by atoms with Crippen molar-refractivity contribution in [3.8, 4) is 11.3 Å². The molecule has 3 rings (SSSR count). The zero-order valence-corrected chi connectivity index (χ0v) is 16.0. The third-order valence-electron chi connectivity index (χ3n) is 4.65. The average Bonchev–Trinajstić information content (AvgIpc) is 2.65. The van der Waals surface area contributed by atoms with Gasteiger partial charge in [0.25, 0.3) is 5.56 Å². The summed E-state index contributed by atoms with van der Waals surface area (Å²) in [5, 5.41) is 7.36. The molecule has 0 aliphatic carbocycles. The molecule has 0 saturated carbocycles. The van der Waals surface area contributed by atoms with Gasteiger partial charge >= 0.3 is 0 Å². The predicted molar refractivity (Wildman–Crippen MR) is 108 cm³/mol. The highest BCUT2D eigenvalue weighted by atomic mass is 16.2. The summed E-state index contributed by atoms with van der Waals surface area (Å²) >= 11 is 0. The first-order valence-corrected chi connectivity index (χ1v) is 8.91.